The summed E-state index contributed by atoms with van der Waals surface area (Å²) in [5.41, 5.74) is 9.37. The van der Waals surface area contributed by atoms with Crippen molar-refractivity contribution in [2.45, 2.75) is 6.17 Å². The first-order chi connectivity index (χ1) is 29.2. The molecule has 13 rings (SSSR count). The summed E-state index contributed by atoms with van der Waals surface area (Å²) in [5.74, 6) is 1.31. The Balaban J connectivity index is 1.09. The summed E-state index contributed by atoms with van der Waals surface area (Å²) in [4.78, 5) is 10.8. The molecule has 0 bridgehead atoms. The van der Waals surface area contributed by atoms with Crippen molar-refractivity contribution in [3.05, 3.63) is 199 Å². The highest BCUT2D eigenvalue weighted by atomic mass is 16.3. The predicted molar refractivity (Wildman–Crippen MR) is 242 cm³/mol. The maximum Gasteiger partial charge on any atom is 0.159 e. The van der Waals surface area contributed by atoms with Crippen LogP contribution in [0.25, 0.3) is 92.9 Å². The van der Waals surface area contributed by atoms with Gasteiger partial charge in [0.25, 0.3) is 0 Å². The highest BCUT2D eigenvalue weighted by Crippen LogP contribution is 2.40. The standard InChI is InChI=1S/C53H32N4O2/c1-2-14-33-28-46-41(26-32(33)13-1)37-17-5-8-21-45(37)57(46)35-29-43-39-19-7-10-23-48(39)59-50(43)44(30-35)53-55-51(34-24-25-49-42(27-34)38-18-6-9-22-47(38)58-49)54-52(56-53)40-20-11-15-31-12-3-4-16-36(31)40/h1-30,52H,(H,54,55,56). The average Bonchev–Trinajstić information content (AvgIpc) is 3.96. The van der Waals surface area contributed by atoms with E-state index in [2.05, 4.69) is 155 Å². The fourth-order valence-corrected chi connectivity index (χ4v) is 9.28. The van der Waals surface area contributed by atoms with Crippen LogP contribution >= 0.6 is 0 Å². The Labute approximate surface area is 336 Å². The monoisotopic (exact) mass is 756 g/mol. The molecule has 1 aliphatic rings. The van der Waals surface area contributed by atoms with E-state index in [4.69, 9.17) is 18.8 Å². The minimum Gasteiger partial charge on any atom is -0.456 e. The third kappa shape index (κ3) is 4.87. The number of furan rings is 2. The molecule has 0 aliphatic carbocycles. The zero-order valence-corrected chi connectivity index (χ0v) is 31.6. The van der Waals surface area contributed by atoms with Crippen molar-refractivity contribution in [1.82, 2.24) is 9.88 Å². The SMILES string of the molecule is c1ccc2cc3c(cc2c1)c1ccccc1n3-c1cc(C2=NC(c3ccc4oc5ccccc5c4c3)=NC(c3cccc4ccccc34)N2)c2oc3ccccc3c2c1. The number of hydrogen-bond acceptors (Lipinski definition) is 5. The largest absolute Gasteiger partial charge is 0.456 e. The second-order valence-electron chi connectivity index (χ2n) is 15.4. The van der Waals surface area contributed by atoms with Gasteiger partial charge in [0.1, 0.15) is 34.3 Å². The van der Waals surface area contributed by atoms with Crippen LogP contribution in [0.15, 0.2) is 201 Å². The van der Waals surface area contributed by atoms with E-state index in [1.807, 2.05) is 36.4 Å². The predicted octanol–water partition coefficient (Wildman–Crippen LogP) is 13.4. The number of rotatable bonds is 4. The van der Waals surface area contributed by atoms with Crippen molar-refractivity contribution in [2.24, 2.45) is 9.98 Å². The zero-order valence-electron chi connectivity index (χ0n) is 31.6. The summed E-state index contributed by atoms with van der Waals surface area (Å²) in [5, 5.41) is 15.1. The first-order valence-electron chi connectivity index (χ1n) is 19.9. The van der Waals surface area contributed by atoms with Crippen LogP contribution in [0.1, 0.15) is 22.9 Å². The molecule has 59 heavy (non-hydrogen) atoms. The van der Waals surface area contributed by atoms with Crippen molar-refractivity contribution in [3.8, 4) is 5.69 Å². The highest BCUT2D eigenvalue weighted by molar-refractivity contribution is 6.21. The van der Waals surface area contributed by atoms with Gasteiger partial charge in [0.15, 0.2) is 5.84 Å². The van der Waals surface area contributed by atoms with Gasteiger partial charge in [0.2, 0.25) is 0 Å². The molecule has 9 aromatic carbocycles. The van der Waals surface area contributed by atoms with Crippen LogP contribution in [0.5, 0.6) is 0 Å². The molecule has 1 N–H and O–H groups in total. The molecular formula is C53H32N4O2. The van der Waals surface area contributed by atoms with Crippen molar-refractivity contribution >= 4 is 98.9 Å². The summed E-state index contributed by atoms with van der Waals surface area (Å²) in [6.07, 6.45) is -0.442. The van der Waals surface area contributed by atoms with E-state index in [-0.39, 0.29) is 0 Å². The molecule has 6 heteroatoms. The molecule has 1 atom stereocenters. The second kappa shape index (κ2) is 12.3. The third-order valence-corrected chi connectivity index (χ3v) is 12.0. The lowest BCUT2D eigenvalue weighted by molar-refractivity contribution is 0.661. The van der Waals surface area contributed by atoms with E-state index in [0.717, 1.165) is 88.1 Å². The number of fused-ring (bicyclic) bond motifs is 11. The maximum absolute atomic E-state index is 6.81. The first-order valence-corrected chi connectivity index (χ1v) is 19.9. The van der Waals surface area contributed by atoms with Crippen LogP contribution < -0.4 is 5.32 Å². The number of aliphatic imine (C=N–C) groups is 2. The molecule has 3 aromatic heterocycles. The van der Waals surface area contributed by atoms with Gasteiger partial charge in [-0.05, 0) is 82.2 Å². The Hall–Kier alpha value is -7.96. The second-order valence-corrected chi connectivity index (χ2v) is 15.4. The Bertz CT molecular complexity index is 3780. The van der Waals surface area contributed by atoms with Gasteiger partial charge < -0.3 is 18.7 Å². The van der Waals surface area contributed by atoms with Gasteiger partial charge in [0, 0.05) is 49.1 Å². The molecule has 0 saturated carbocycles. The smallest absolute Gasteiger partial charge is 0.159 e. The summed E-state index contributed by atoms with van der Waals surface area (Å²) in [6.45, 7) is 0. The fourth-order valence-electron chi connectivity index (χ4n) is 9.28. The van der Waals surface area contributed by atoms with E-state index in [1.54, 1.807) is 0 Å². The quantitative estimate of drug-likeness (QED) is 0.194. The fraction of sp³-hybridized carbons (Fsp3) is 0.0189. The maximum atomic E-state index is 6.81. The lowest BCUT2D eigenvalue weighted by atomic mass is 10.0. The Kier molecular flexibility index (Phi) is 6.69. The topological polar surface area (TPSA) is 68.0 Å². The Morgan fingerprint density at radius 1 is 0.458 bits per heavy atom. The molecule has 1 unspecified atom stereocenters. The number of para-hydroxylation sites is 3. The number of nitrogens with one attached hydrogen (secondary N) is 1. The Morgan fingerprint density at radius 3 is 1.97 bits per heavy atom. The van der Waals surface area contributed by atoms with Gasteiger partial charge in [-0.15, -0.1) is 0 Å². The van der Waals surface area contributed by atoms with Gasteiger partial charge in [-0.25, -0.2) is 9.98 Å². The van der Waals surface area contributed by atoms with Crippen molar-refractivity contribution in [1.29, 1.82) is 0 Å². The lowest BCUT2D eigenvalue weighted by Crippen LogP contribution is -2.34. The van der Waals surface area contributed by atoms with Gasteiger partial charge in [-0.2, -0.15) is 0 Å². The molecular weight excluding hydrogens is 725 g/mol. The summed E-state index contributed by atoms with van der Waals surface area (Å²) in [7, 11) is 0. The average molecular weight is 757 g/mol. The van der Waals surface area contributed by atoms with Gasteiger partial charge >= 0.3 is 0 Å². The van der Waals surface area contributed by atoms with Crippen LogP contribution in [0.2, 0.25) is 0 Å². The lowest BCUT2D eigenvalue weighted by Gasteiger charge is -2.25. The number of hydrogen-bond donors (Lipinski definition) is 1. The molecule has 6 nitrogen and oxygen atoms in total. The van der Waals surface area contributed by atoms with Gasteiger partial charge in [0.05, 0.1) is 16.6 Å². The normalized spacial score (nSPS) is 14.6. The molecule has 276 valence electrons. The van der Waals surface area contributed by atoms with E-state index in [1.165, 1.54) is 21.5 Å². The van der Waals surface area contributed by atoms with Gasteiger partial charge in [-0.3, -0.25) is 0 Å². The Morgan fingerprint density at radius 2 is 1.12 bits per heavy atom. The molecule has 1 aliphatic heterocycles. The van der Waals surface area contributed by atoms with Crippen LogP contribution in [-0.2, 0) is 0 Å². The number of benzene rings is 9. The number of nitrogens with zero attached hydrogens (tertiary/aromatic N) is 3. The van der Waals surface area contributed by atoms with Crippen LogP contribution in [-0.4, -0.2) is 16.2 Å². The molecule has 0 spiro atoms. The minimum absolute atomic E-state index is 0.442. The number of amidine groups is 2. The van der Waals surface area contributed by atoms with Crippen molar-refractivity contribution in [2.75, 3.05) is 0 Å². The summed E-state index contributed by atoms with van der Waals surface area (Å²) < 4.78 is 15.4. The number of aromatic nitrogens is 1. The molecule has 0 saturated heterocycles. The summed E-state index contributed by atoms with van der Waals surface area (Å²) >= 11 is 0. The summed E-state index contributed by atoms with van der Waals surface area (Å²) in [6, 6.07) is 64.0. The highest BCUT2D eigenvalue weighted by Gasteiger charge is 2.27. The van der Waals surface area contributed by atoms with E-state index < -0.39 is 6.17 Å². The van der Waals surface area contributed by atoms with E-state index >= 15 is 0 Å². The molecule has 0 fully saturated rings. The van der Waals surface area contributed by atoms with Crippen molar-refractivity contribution in [3.63, 3.8) is 0 Å². The van der Waals surface area contributed by atoms with E-state index in [0.29, 0.717) is 11.7 Å². The van der Waals surface area contributed by atoms with Crippen LogP contribution in [0.3, 0.4) is 0 Å². The van der Waals surface area contributed by atoms with Crippen LogP contribution in [0.4, 0.5) is 0 Å². The zero-order chi connectivity index (χ0) is 38.6. The minimum atomic E-state index is -0.442. The van der Waals surface area contributed by atoms with E-state index in [9.17, 15) is 0 Å². The first kappa shape index (κ1) is 32.2. The third-order valence-electron chi connectivity index (χ3n) is 12.0. The molecule has 4 heterocycles. The molecule has 0 radical (unpaired) electrons. The molecule has 0 amide bonds. The molecule has 12 aromatic rings. The van der Waals surface area contributed by atoms with Gasteiger partial charge in [-0.1, -0.05) is 121 Å². The van der Waals surface area contributed by atoms with Crippen molar-refractivity contribution < 1.29 is 8.83 Å². The van der Waals surface area contributed by atoms with Crippen LogP contribution in [0, 0.1) is 0 Å².